The number of likely N-dealkylation sites (tertiary alicyclic amines) is 1. The molecule has 1 aliphatic heterocycles. The molecule has 1 atom stereocenters. The van der Waals surface area contributed by atoms with Gasteiger partial charge in [-0.1, -0.05) is 12.1 Å². The maximum atomic E-state index is 13.7. The van der Waals surface area contributed by atoms with Crippen molar-refractivity contribution < 1.29 is 14.0 Å². The summed E-state index contributed by atoms with van der Waals surface area (Å²) in [6.07, 6.45) is 2.59. The SMILES string of the molecule is NC(=O)C1CCN(C(=O)NC2CCc3c(F)cccc32)CC1. The highest BCUT2D eigenvalue weighted by Gasteiger charge is 2.30. The number of hydrogen-bond donors (Lipinski definition) is 2. The highest BCUT2D eigenvalue weighted by atomic mass is 19.1. The van der Waals surface area contributed by atoms with Crippen LogP contribution in [0.5, 0.6) is 0 Å². The predicted molar refractivity (Wildman–Crippen MR) is 79.5 cm³/mol. The van der Waals surface area contributed by atoms with Crippen LogP contribution >= 0.6 is 0 Å². The molecule has 0 radical (unpaired) electrons. The lowest BCUT2D eigenvalue weighted by molar-refractivity contribution is -0.123. The Morgan fingerprint density at radius 2 is 1.95 bits per heavy atom. The molecule has 0 bridgehead atoms. The zero-order valence-corrected chi connectivity index (χ0v) is 12.3. The minimum absolute atomic E-state index is 0.132. The number of carbonyl (C=O) groups is 2. The van der Waals surface area contributed by atoms with Gasteiger partial charge in [0.25, 0.3) is 0 Å². The zero-order valence-electron chi connectivity index (χ0n) is 12.3. The van der Waals surface area contributed by atoms with E-state index in [0.29, 0.717) is 37.9 Å². The Bertz CT molecular complexity index is 597. The van der Waals surface area contributed by atoms with Crippen molar-refractivity contribution in [2.24, 2.45) is 11.7 Å². The lowest BCUT2D eigenvalue weighted by atomic mass is 9.96. The summed E-state index contributed by atoms with van der Waals surface area (Å²) >= 11 is 0. The zero-order chi connectivity index (χ0) is 15.7. The first-order valence-corrected chi connectivity index (χ1v) is 7.68. The third kappa shape index (κ3) is 2.77. The Morgan fingerprint density at radius 3 is 2.64 bits per heavy atom. The van der Waals surface area contributed by atoms with Gasteiger partial charge in [0.15, 0.2) is 0 Å². The molecule has 0 spiro atoms. The molecule has 1 fully saturated rings. The summed E-state index contributed by atoms with van der Waals surface area (Å²) in [5.41, 5.74) is 6.88. The van der Waals surface area contributed by atoms with Gasteiger partial charge in [0.05, 0.1) is 6.04 Å². The number of rotatable bonds is 2. The molecule has 1 saturated heterocycles. The van der Waals surface area contributed by atoms with E-state index in [1.165, 1.54) is 6.07 Å². The molecule has 0 saturated carbocycles. The van der Waals surface area contributed by atoms with Gasteiger partial charge in [0, 0.05) is 19.0 Å². The van der Waals surface area contributed by atoms with Crippen LogP contribution in [0.4, 0.5) is 9.18 Å². The molecule has 0 aromatic heterocycles. The molecule has 5 nitrogen and oxygen atoms in total. The summed E-state index contributed by atoms with van der Waals surface area (Å²) < 4.78 is 13.7. The topological polar surface area (TPSA) is 75.4 Å². The minimum atomic E-state index is -0.291. The normalized spacial score (nSPS) is 21.5. The Labute approximate surface area is 128 Å². The van der Waals surface area contributed by atoms with Crippen molar-refractivity contribution in [3.05, 3.63) is 35.1 Å². The molecule has 1 heterocycles. The molecule has 118 valence electrons. The van der Waals surface area contributed by atoms with Crippen LogP contribution < -0.4 is 11.1 Å². The van der Waals surface area contributed by atoms with Crippen LogP contribution in [-0.4, -0.2) is 29.9 Å². The molecule has 1 unspecified atom stereocenters. The van der Waals surface area contributed by atoms with Crippen LogP contribution in [0.3, 0.4) is 0 Å². The summed E-state index contributed by atoms with van der Waals surface area (Å²) in [4.78, 5) is 25.2. The molecule has 1 aromatic carbocycles. The largest absolute Gasteiger partial charge is 0.369 e. The van der Waals surface area contributed by atoms with Crippen molar-refractivity contribution >= 4 is 11.9 Å². The third-order valence-corrected chi connectivity index (χ3v) is 4.70. The number of hydrogen-bond acceptors (Lipinski definition) is 2. The lowest BCUT2D eigenvalue weighted by Gasteiger charge is -2.31. The van der Waals surface area contributed by atoms with Crippen molar-refractivity contribution in [2.75, 3.05) is 13.1 Å². The standard InChI is InChI=1S/C16H20FN3O2/c17-13-3-1-2-12-11(13)4-5-14(12)19-16(22)20-8-6-10(7-9-20)15(18)21/h1-3,10,14H,4-9H2,(H2,18,21)(H,19,22). The molecule has 3 rings (SSSR count). The number of nitrogens with two attached hydrogens (primary N) is 1. The van der Waals surface area contributed by atoms with E-state index in [9.17, 15) is 14.0 Å². The number of urea groups is 1. The predicted octanol–water partition coefficient (Wildman–Crippen LogP) is 1.72. The van der Waals surface area contributed by atoms with Crippen LogP contribution in [-0.2, 0) is 11.2 Å². The van der Waals surface area contributed by atoms with Gasteiger partial charge < -0.3 is 16.0 Å². The van der Waals surface area contributed by atoms with Crippen molar-refractivity contribution in [3.8, 4) is 0 Å². The average Bonchev–Trinajstić information content (AvgIpc) is 2.92. The van der Waals surface area contributed by atoms with Crippen LogP contribution in [0.1, 0.15) is 36.4 Å². The summed E-state index contributed by atoms with van der Waals surface area (Å²) in [6.45, 7) is 1.06. The fraction of sp³-hybridized carbons (Fsp3) is 0.500. The Hall–Kier alpha value is -2.11. The van der Waals surface area contributed by atoms with Crippen LogP contribution in [0.25, 0.3) is 0 Å². The van der Waals surface area contributed by atoms with E-state index >= 15 is 0 Å². The number of fused-ring (bicyclic) bond motifs is 1. The molecular formula is C16H20FN3O2. The summed E-state index contributed by atoms with van der Waals surface area (Å²) in [6, 6.07) is 4.72. The van der Waals surface area contributed by atoms with Crippen molar-refractivity contribution in [1.29, 1.82) is 0 Å². The second-order valence-corrected chi connectivity index (χ2v) is 6.01. The number of nitrogens with one attached hydrogen (secondary N) is 1. The minimum Gasteiger partial charge on any atom is -0.369 e. The highest BCUT2D eigenvalue weighted by Crippen LogP contribution is 2.32. The van der Waals surface area contributed by atoms with Gasteiger partial charge in [-0.05, 0) is 42.9 Å². The summed E-state index contributed by atoms with van der Waals surface area (Å²) in [5, 5.41) is 2.98. The smallest absolute Gasteiger partial charge is 0.317 e. The molecule has 3 N–H and O–H groups in total. The first kappa shape index (κ1) is 14.8. The van der Waals surface area contributed by atoms with Gasteiger partial charge >= 0.3 is 6.03 Å². The first-order valence-electron chi connectivity index (χ1n) is 7.68. The van der Waals surface area contributed by atoms with E-state index in [1.807, 2.05) is 6.07 Å². The van der Waals surface area contributed by atoms with Gasteiger partial charge in [-0.15, -0.1) is 0 Å². The molecule has 22 heavy (non-hydrogen) atoms. The monoisotopic (exact) mass is 305 g/mol. The fourth-order valence-electron chi connectivity index (χ4n) is 3.37. The second kappa shape index (κ2) is 5.94. The fourth-order valence-corrected chi connectivity index (χ4v) is 3.37. The Kier molecular flexibility index (Phi) is 4.00. The van der Waals surface area contributed by atoms with Gasteiger partial charge in [0.2, 0.25) is 5.91 Å². The molecule has 3 amide bonds. The number of amides is 3. The maximum Gasteiger partial charge on any atom is 0.317 e. The van der Waals surface area contributed by atoms with E-state index in [-0.39, 0.29) is 29.7 Å². The third-order valence-electron chi connectivity index (χ3n) is 4.70. The van der Waals surface area contributed by atoms with E-state index in [1.54, 1.807) is 11.0 Å². The lowest BCUT2D eigenvalue weighted by Crippen LogP contribution is -2.46. The number of carbonyl (C=O) groups excluding carboxylic acids is 2. The molecule has 1 aromatic rings. The highest BCUT2D eigenvalue weighted by molar-refractivity contribution is 5.78. The number of piperidine rings is 1. The molecular weight excluding hydrogens is 285 g/mol. The van der Waals surface area contributed by atoms with Crippen molar-refractivity contribution in [2.45, 2.75) is 31.7 Å². The van der Waals surface area contributed by atoms with Crippen molar-refractivity contribution in [1.82, 2.24) is 10.2 Å². The van der Waals surface area contributed by atoms with Gasteiger partial charge in [-0.3, -0.25) is 4.79 Å². The van der Waals surface area contributed by atoms with Crippen LogP contribution in [0.15, 0.2) is 18.2 Å². The van der Waals surface area contributed by atoms with Gasteiger partial charge in [0.1, 0.15) is 5.82 Å². The van der Waals surface area contributed by atoms with Crippen LogP contribution in [0.2, 0.25) is 0 Å². The Balaban J connectivity index is 1.60. The number of nitrogens with zero attached hydrogens (tertiary/aromatic N) is 1. The molecule has 6 heteroatoms. The molecule has 1 aliphatic carbocycles. The quantitative estimate of drug-likeness (QED) is 0.873. The number of primary amides is 1. The summed E-state index contributed by atoms with van der Waals surface area (Å²) in [7, 11) is 0. The summed E-state index contributed by atoms with van der Waals surface area (Å²) in [5.74, 6) is -0.623. The van der Waals surface area contributed by atoms with E-state index in [0.717, 1.165) is 12.0 Å². The van der Waals surface area contributed by atoms with E-state index < -0.39 is 0 Å². The first-order chi connectivity index (χ1) is 10.6. The van der Waals surface area contributed by atoms with Crippen LogP contribution in [0, 0.1) is 11.7 Å². The Morgan fingerprint density at radius 1 is 1.23 bits per heavy atom. The van der Waals surface area contributed by atoms with Gasteiger partial charge in [-0.2, -0.15) is 0 Å². The number of halogens is 1. The second-order valence-electron chi connectivity index (χ2n) is 6.01. The van der Waals surface area contributed by atoms with Crippen molar-refractivity contribution in [3.63, 3.8) is 0 Å². The average molecular weight is 305 g/mol. The maximum absolute atomic E-state index is 13.7. The molecule has 2 aliphatic rings. The van der Waals surface area contributed by atoms with E-state index in [4.69, 9.17) is 5.73 Å². The van der Waals surface area contributed by atoms with Gasteiger partial charge in [-0.25, -0.2) is 9.18 Å². The van der Waals surface area contributed by atoms with E-state index in [2.05, 4.69) is 5.32 Å². The number of benzene rings is 1.